The summed E-state index contributed by atoms with van der Waals surface area (Å²) in [5.74, 6) is -1.67. The zero-order valence-corrected chi connectivity index (χ0v) is 45.8. The van der Waals surface area contributed by atoms with Gasteiger partial charge in [0, 0.05) is 16.5 Å². The monoisotopic (exact) mass is 1040 g/mol. The van der Waals surface area contributed by atoms with Gasteiger partial charge in [-0.3, -0.25) is 14.3 Å². The van der Waals surface area contributed by atoms with Crippen molar-refractivity contribution >= 4 is 128 Å². The van der Waals surface area contributed by atoms with Crippen molar-refractivity contribution < 1.29 is 191 Å². The Hall–Kier alpha value is -0.480. The number of nitrogens with two attached hydrogens (primary N) is 1. The maximum Gasteiger partial charge on any atom is 1.00 e. The summed E-state index contributed by atoms with van der Waals surface area (Å²) in [6.07, 6.45) is 0. The molecular weight excluding hydrogens is 1030 g/mol. The number of phenols is 1. The maximum absolute atomic E-state index is 12.8. The first-order valence-electron chi connectivity index (χ1n) is 14.9. The molecule has 0 amide bonds. The summed E-state index contributed by atoms with van der Waals surface area (Å²) in [6.45, 7) is -0.553. The Labute approximate surface area is 462 Å². The first-order chi connectivity index (χ1) is 27.8. The molecule has 5 aromatic rings. The number of nitrogens with zero attached hydrogens (tertiary/aromatic N) is 7. The molecule has 0 radical (unpaired) electrons. The minimum Gasteiger partial charge on any atom is -0.744 e. The molecule has 25 nitrogen and oxygen atoms in total. The number of aromatic hydroxyl groups is 1. The van der Waals surface area contributed by atoms with Gasteiger partial charge in [0.05, 0.1) is 49.7 Å². The molecule has 0 aliphatic heterocycles. The minimum absolute atomic E-state index is 0. The van der Waals surface area contributed by atoms with Crippen molar-refractivity contribution in [1.82, 2.24) is 15.0 Å². The van der Waals surface area contributed by atoms with E-state index in [0.29, 0.717) is 6.07 Å². The predicted octanol–water partition coefficient (Wildman–Crippen LogP) is -8.17. The number of benzene rings is 4. The Balaban J connectivity index is 0.00000496. The van der Waals surface area contributed by atoms with Gasteiger partial charge in [0.25, 0.3) is 0 Å². The quantitative estimate of drug-likeness (QED) is 0.0107. The Bertz CT molecular complexity index is 2810. The van der Waals surface area contributed by atoms with Gasteiger partial charge in [-0.05, 0) is 77.8 Å². The number of aromatic nitrogens is 3. The molecule has 4 aromatic carbocycles. The Morgan fingerprint density at radius 1 is 0.730 bits per heavy atom. The summed E-state index contributed by atoms with van der Waals surface area (Å²) in [5.41, 5.74) is 4.03. The smallest absolute Gasteiger partial charge is 0.744 e. The Morgan fingerprint density at radius 3 is 1.97 bits per heavy atom. The van der Waals surface area contributed by atoms with Gasteiger partial charge in [0.15, 0.2) is 27.9 Å². The molecule has 0 aliphatic carbocycles. The van der Waals surface area contributed by atoms with Crippen LogP contribution in [0.4, 0.5) is 40.1 Å². The van der Waals surface area contributed by atoms with E-state index in [1.54, 1.807) is 0 Å². The zero-order valence-electron chi connectivity index (χ0n) is 32.2. The number of rotatable bonds is 18. The summed E-state index contributed by atoms with van der Waals surface area (Å²) in [5, 5.41) is 55.9. The number of hydrogen-bond donors (Lipinski definition) is 3. The largest absolute Gasteiger partial charge is 1.00 e. The third-order valence-electron chi connectivity index (χ3n) is 7.07. The third kappa shape index (κ3) is 16.6. The second-order valence-corrected chi connectivity index (χ2v) is 17.4. The van der Waals surface area contributed by atoms with Crippen LogP contribution in [-0.4, -0.2) is 66.8 Å². The molecule has 0 saturated heterocycles. The summed E-state index contributed by atoms with van der Waals surface area (Å²) in [4.78, 5) is 8.35. The maximum atomic E-state index is 12.8. The van der Waals surface area contributed by atoms with Crippen LogP contribution < -0.4 is 140 Å². The molecule has 63 heavy (non-hydrogen) atoms. The van der Waals surface area contributed by atoms with Crippen molar-refractivity contribution in [2.24, 2.45) is 20.5 Å². The SMILES string of the molecule is Nc1ccc2c(O)c(N=Nc3cc(Nc4nc(Cl)nc(Cl)n4)ccc3S(=O)(=O)[O-])c(SOO[O-])cc2c1N=Nc1ccc(S(=O)(=O)CCOSOO[O-])cc1S(=O)(=O)[O-].[Na+].[Na+].[Na+].[Na+]. The summed E-state index contributed by atoms with van der Waals surface area (Å²) >= 11 is 11.8. The Kier molecular flexibility index (Phi) is 25.8. The third-order valence-corrected chi connectivity index (χ3v) is 11.8. The van der Waals surface area contributed by atoms with Gasteiger partial charge in [0.1, 0.15) is 43.0 Å². The molecule has 4 N–H and O–H groups in total. The predicted molar refractivity (Wildman–Crippen MR) is 196 cm³/mol. The number of halogens is 2. The zero-order chi connectivity index (χ0) is 43.1. The minimum atomic E-state index is -5.41. The van der Waals surface area contributed by atoms with Gasteiger partial charge in [-0.25, -0.2) is 25.3 Å². The van der Waals surface area contributed by atoms with Crippen molar-refractivity contribution in [3.05, 3.63) is 65.2 Å². The van der Waals surface area contributed by atoms with Gasteiger partial charge in [-0.1, -0.05) is 0 Å². The summed E-state index contributed by atoms with van der Waals surface area (Å²) in [6, 6.07) is 9.02. The number of sulfone groups is 1. The molecule has 0 aliphatic rings. The standard InChI is InChI=1S/C27H21Cl2N9O16S5.4Na/c28-25-32-26(29)34-27(33-25)31-12-1-6-20(58(44,45)46)18(9-12)36-38-23-19(55-53-51-40)11-15-14(24(23)39)3-4-16(30)22(15)37-35-17-5-2-13(10-21(17)59(47,48)49)57(42,43)8-7-50-56-54-52-41;;;;/h1-6,9-11,39-41H,7-8,30H2,(H,44,45,46)(H,47,48,49)(H,31,32,33,34);;;;/q;4*+1/p-4. The van der Waals surface area contributed by atoms with Gasteiger partial charge in [0.2, 0.25) is 16.5 Å². The number of phenolic OH excluding ortho intramolecular Hbond substituents is 1. The molecule has 1 aromatic heterocycles. The van der Waals surface area contributed by atoms with Crippen molar-refractivity contribution in [3.63, 3.8) is 0 Å². The van der Waals surface area contributed by atoms with E-state index >= 15 is 0 Å². The van der Waals surface area contributed by atoms with Crippen LogP contribution in [-0.2, 0) is 53.0 Å². The topological polar surface area (TPSA) is 387 Å². The van der Waals surface area contributed by atoms with Crippen molar-refractivity contribution in [3.8, 4) is 5.75 Å². The van der Waals surface area contributed by atoms with Crippen LogP contribution >= 0.6 is 47.6 Å². The van der Waals surface area contributed by atoms with Crippen LogP contribution in [0.3, 0.4) is 0 Å². The molecular formula is C27H17Cl2N9Na4O16S5. The van der Waals surface area contributed by atoms with Gasteiger partial charge in [-0.2, -0.15) is 19.3 Å². The number of nitrogen functional groups attached to an aromatic ring is 1. The van der Waals surface area contributed by atoms with Crippen LogP contribution in [0.5, 0.6) is 5.75 Å². The number of azo groups is 2. The van der Waals surface area contributed by atoms with Gasteiger partial charge < -0.3 is 35.8 Å². The van der Waals surface area contributed by atoms with E-state index in [0.717, 1.165) is 36.4 Å². The molecule has 36 heteroatoms. The second kappa shape index (κ2) is 26.9. The number of fused-ring (bicyclic) bond motifs is 1. The second-order valence-electron chi connectivity index (χ2n) is 10.7. The summed E-state index contributed by atoms with van der Waals surface area (Å²) < 4.78 is 111. The van der Waals surface area contributed by atoms with E-state index in [-0.39, 0.29) is 192 Å². The molecule has 0 bridgehead atoms. The van der Waals surface area contributed by atoms with E-state index in [2.05, 4.69) is 63.7 Å². The van der Waals surface area contributed by atoms with Crippen LogP contribution in [0.1, 0.15) is 0 Å². The molecule has 0 atom stereocenters. The number of nitrogens with one attached hydrogen (secondary N) is 1. The van der Waals surface area contributed by atoms with Crippen molar-refractivity contribution in [2.45, 2.75) is 19.6 Å². The van der Waals surface area contributed by atoms with E-state index in [1.165, 1.54) is 12.1 Å². The fourth-order valence-corrected chi connectivity index (χ4v) is 8.22. The van der Waals surface area contributed by atoms with Crippen LogP contribution in [0.25, 0.3) is 10.8 Å². The summed E-state index contributed by atoms with van der Waals surface area (Å²) in [7, 11) is -14.9. The first-order valence-corrected chi connectivity index (χ1v) is 21.5. The van der Waals surface area contributed by atoms with Crippen LogP contribution in [0.15, 0.2) is 94.6 Å². The molecule has 0 unspecified atom stereocenters. The molecule has 0 saturated carbocycles. The first kappa shape index (κ1) is 60.5. The fraction of sp³-hybridized carbons (Fsp3) is 0.0741. The molecule has 0 spiro atoms. The van der Waals surface area contributed by atoms with E-state index in [9.17, 15) is 50.0 Å². The Morgan fingerprint density at radius 2 is 1.35 bits per heavy atom. The fourth-order valence-electron chi connectivity index (χ4n) is 4.64. The molecule has 5 rings (SSSR count). The molecule has 0 fully saturated rings. The van der Waals surface area contributed by atoms with Crippen LogP contribution in [0.2, 0.25) is 10.6 Å². The van der Waals surface area contributed by atoms with E-state index in [1.807, 2.05) is 0 Å². The number of hydrogen-bond acceptors (Lipinski definition) is 27. The number of anilines is 3. The molecule has 1 heterocycles. The van der Waals surface area contributed by atoms with Gasteiger partial charge >= 0.3 is 118 Å². The van der Waals surface area contributed by atoms with Crippen molar-refractivity contribution in [1.29, 1.82) is 0 Å². The van der Waals surface area contributed by atoms with E-state index in [4.69, 9.17) is 28.9 Å². The average Bonchev–Trinajstić information content (AvgIpc) is 3.15. The van der Waals surface area contributed by atoms with Gasteiger partial charge in [-0.15, -0.1) is 24.8 Å². The normalized spacial score (nSPS) is 11.8. The molecule has 314 valence electrons. The van der Waals surface area contributed by atoms with E-state index < -0.39 is 79.9 Å². The van der Waals surface area contributed by atoms with Crippen molar-refractivity contribution in [2.75, 3.05) is 23.4 Å². The average molecular weight is 1050 g/mol. The van der Waals surface area contributed by atoms with Crippen LogP contribution in [0, 0.1) is 0 Å².